The average Bonchev–Trinajstić information content (AvgIpc) is 2.18. The Kier molecular flexibility index (Phi) is 6.55. The number of likely N-dealkylation sites (N-methyl/N-ethyl adjacent to an activating group) is 1. The molecule has 0 fully saturated rings. The maximum atomic E-state index is 8.87. The Morgan fingerprint density at radius 2 is 2.07 bits per heavy atom. The molecule has 15 heavy (non-hydrogen) atoms. The number of ether oxygens (including phenoxy) is 1. The van der Waals surface area contributed by atoms with Crippen LogP contribution in [0.25, 0.3) is 0 Å². The number of hydrogen-bond acceptors (Lipinski definition) is 3. The average molecular weight is 212 g/mol. The fourth-order valence-electron chi connectivity index (χ4n) is 1.42. The highest BCUT2D eigenvalue weighted by atomic mass is 16.5. The first-order valence-electron chi connectivity index (χ1n) is 5.53. The first-order valence-corrected chi connectivity index (χ1v) is 5.53. The number of nitriles is 1. The van der Waals surface area contributed by atoms with E-state index < -0.39 is 0 Å². The summed E-state index contributed by atoms with van der Waals surface area (Å²) < 4.78 is 5.10. The van der Waals surface area contributed by atoms with E-state index in [0.29, 0.717) is 6.04 Å². The number of rotatable bonds is 7. The molecule has 0 aromatic carbocycles. The van der Waals surface area contributed by atoms with Crippen LogP contribution < -0.4 is 0 Å². The predicted molar refractivity (Wildman–Crippen MR) is 62.6 cm³/mol. The zero-order valence-electron chi connectivity index (χ0n) is 10.7. The highest BCUT2D eigenvalue weighted by Gasteiger charge is 2.17. The van der Waals surface area contributed by atoms with E-state index in [9.17, 15) is 0 Å². The molecule has 3 heteroatoms. The van der Waals surface area contributed by atoms with Crippen LogP contribution in [-0.4, -0.2) is 38.3 Å². The zero-order valence-corrected chi connectivity index (χ0v) is 10.7. The molecule has 0 rings (SSSR count). The molecule has 0 aliphatic heterocycles. The van der Waals surface area contributed by atoms with Crippen molar-refractivity contribution in [2.45, 2.75) is 39.7 Å². The van der Waals surface area contributed by atoms with Gasteiger partial charge in [-0.1, -0.05) is 0 Å². The van der Waals surface area contributed by atoms with Crippen LogP contribution in [0.4, 0.5) is 0 Å². The summed E-state index contributed by atoms with van der Waals surface area (Å²) in [6, 6.07) is 2.77. The van der Waals surface area contributed by atoms with Gasteiger partial charge in [-0.2, -0.15) is 5.26 Å². The molecular formula is C12H24N2O. The van der Waals surface area contributed by atoms with Crippen LogP contribution in [0.1, 0.15) is 33.6 Å². The maximum Gasteiger partial charge on any atom is 0.0683 e. The maximum absolute atomic E-state index is 8.87. The lowest BCUT2D eigenvalue weighted by atomic mass is 9.90. The van der Waals surface area contributed by atoms with E-state index in [1.54, 1.807) is 7.11 Å². The van der Waals surface area contributed by atoms with E-state index in [4.69, 9.17) is 10.00 Å². The Hall–Kier alpha value is -0.590. The fraction of sp³-hybridized carbons (Fsp3) is 0.917. The van der Waals surface area contributed by atoms with Gasteiger partial charge in [0.05, 0.1) is 18.1 Å². The second-order valence-corrected chi connectivity index (χ2v) is 4.88. The van der Waals surface area contributed by atoms with Gasteiger partial charge >= 0.3 is 0 Å². The Labute approximate surface area is 94.0 Å². The van der Waals surface area contributed by atoms with Crippen LogP contribution in [0.3, 0.4) is 0 Å². The van der Waals surface area contributed by atoms with E-state index in [1.165, 1.54) is 0 Å². The first kappa shape index (κ1) is 14.4. The summed E-state index contributed by atoms with van der Waals surface area (Å²) in [5.41, 5.74) is -0.189. The molecule has 0 aliphatic carbocycles. The van der Waals surface area contributed by atoms with Crippen LogP contribution in [0.5, 0.6) is 0 Å². The minimum absolute atomic E-state index is 0.189. The van der Waals surface area contributed by atoms with Gasteiger partial charge in [0, 0.05) is 13.2 Å². The molecule has 0 N–H and O–H groups in total. The summed E-state index contributed by atoms with van der Waals surface area (Å²) in [5, 5.41) is 8.87. The molecule has 0 bridgehead atoms. The van der Waals surface area contributed by atoms with Crippen molar-refractivity contribution in [1.82, 2.24) is 4.90 Å². The molecule has 0 spiro atoms. The SMILES string of the molecule is COCC(C)N(C)CCCC(C)(C)C#N. The molecule has 0 aromatic heterocycles. The Morgan fingerprint density at radius 3 is 2.53 bits per heavy atom. The second-order valence-electron chi connectivity index (χ2n) is 4.88. The van der Waals surface area contributed by atoms with Gasteiger partial charge in [0.15, 0.2) is 0 Å². The van der Waals surface area contributed by atoms with Gasteiger partial charge < -0.3 is 9.64 Å². The number of hydrogen-bond donors (Lipinski definition) is 0. The summed E-state index contributed by atoms with van der Waals surface area (Å²) in [4.78, 5) is 2.27. The monoisotopic (exact) mass is 212 g/mol. The smallest absolute Gasteiger partial charge is 0.0683 e. The van der Waals surface area contributed by atoms with Gasteiger partial charge in [0.2, 0.25) is 0 Å². The van der Waals surface area contributed by atoms with E-state index in [0.717, 1.165) is 26.0 Å². The molecule has 0 aliphatic rings. The largest absolute Gasteiger partial charge is 0.383 e. The zero-order chi connectivity index (χ0) is 11.9. The topological polar surface area (TPSA) is 36.3 Å². The number of nitrogens with zero attached hydrogens (tertiary/aromatic N) is 2. The van der Waals surface area contributed by atoms with Crippen molar-refractivity contribution in [3.05, 3.63) is 0 Å². The molecule has 88 valence electrons. The van der Waals surface area contributed by atoms with Gasteiger partial charge in [-0.3, -0.25) is 0 Å². The molecule has 0 amide bonds. The van der Waals surface area contributed by atoms with E-state index >= 15 is 0 Å². The molecular weight excluding hydrogens is 188 g/mol. The third-order valence-corrected chi connectivity index (χ3v) is 2.78. The van der Waals surface area contributed by atoms with Crippen molar-refractivity contribution < 1.29 is 4.74 Å². The molecule has 1 atom stereocenters. The summed E-state index contributed by atoms with van der Waals surface area (Å²) >= 11 is 0. The van der Waals surface area contributed by atoms with E-state index in [2.05, 4.69) is 24.9 Å². The predicted octanol–water partition coefficient (Wildman–Crippen LogP) is 2.28. The van der Waals surface area contributed by atoms with Crippen LogP contribution in [-0.2, 0) is 4.74 Å². The molecule has 0 heterocycles. The molecule has 0 aromatic rings. The molecule has 1 unspecified atom stereocenters. The Bertz CT molecular complexity index is 208. The van der Waals surface area contributed by atoms with Crippen LogP contribution in [0.15, 0.2) is 0 Å². The van der Waals surface area contributed by atoms with Gasteiger partial charge in [0.1, 0.15) is 0 Å². The first-order chi connectivity index (χ1) is 6.93. The lowest BCUT2D eigenvalue weighted by Crippen LogP contribution is -2.33. The second kappa shape index (κ2) is 6.81. The van der Waals surface area contributed by atoms with Crippen molar-refractivity contribution in [2.75, 3.05) is 27.3 Å². The van der Waals surface area contributed by atoms with Crippen molar-refractivity contribution in [1.29, 1.82) is 5.26 Å². The Morgan fingerprint density at radius 1 is 1.47 bits per heavy atom. The molecule has 0 saturated carbocycles. The lowest BCUT2D eigenvalue weighted by molar-refractivity contribution is 0.113. The third kappa shape index (κ3) is 6.48. The van der Waals surface area contributed by atoms with Crippen molar-refractivity contribution >= 4 is 0 Å². The van der Waals surface area contributed by atoms with E-state index in [1.807, 2.05) is 13.8 Å². The highest BCUT2D eigenvalue weighted by Crippen LogP contribution is 2.20. The normalized spacial score (nSPS) is 13.9. The minimum atomic E-state index is -0.189. The summed E-state index contributed by atoms with van der Waals surface area (Å²) in [7, 11) is 3.83. The summed E-state index contributed by atoms with van der Waals surface area (Å²) in [6.45, 7) is 7.92. The van der Waals surface area contributed by atoms with Crippen molar-refractivity contribution in [2.24, 2.45) is 5.41 Å². The molecule has 3 nitrogen and oxygen atoms in total. The van der Waals surface area contributed by atoms with Crippen LogP contribution in [0, 0.1) is 16.7 Å². The molecule has 0 saturated heterocycles. The van der Waals surface area contributed by atoms with Gasteiger partial charge in [0.25, 0.3) is 0 Å². The van der Waals surface area contributed by atoms with Gasteiger partial charge in [-0.15, -0.1) is 0 Å². The Balaban J connectivity index is 3.73. The fourth-order valence-corrected chi connectivity index (χ4v) is 1.42. The standard InChI is InChI=1S/C12H24N2O/c1-11(9-15-5)14(4)8-6-7-12(2,3)10-13/h11H,6-9H2,1-5H3. The molecule has 0 radical (unpaired) electrons. The van der Waals surface area contributed by atoms with Crippen LogP contribution in [0.2, 0.25) is 0 Å². The van der Waals surface area contributed by atoms with Gasteiger partial charge in [-0.05, 0) is 47.2 Å². The lowest BCUT2D eigenvalue weighted by Gasteiger charge is -2.25. The van der Waals surface area contributed by atoms with Gasteiger partial charge in [-0.25, -0.2) is 0 Å². The highest BCUT2D eigenvalue weighted by molar-refractivity contribution is 4.91. The summed E-state index contributed by atoms with van der Waals surface area (Å²) in [5.74, 6) is 0. The van der Waals surface area contributed by atoms with Crippen molar-refractivity contribution in [3.8, 4) is 6.07 Å². The third-order valence-electron chi connectivity index (χ3n) is 2.78. The minimum Gasteiger partial charge on any atom is -0.383 e. The number of methoxy groups -OCH3 is 1. The quantitative estimate of drug-likeness (QED) is 0.649. The summed E-state index contributed by atoms with van der Waals surface area (Å²) in [6.07, 6.45) is 2.01. The van der Waals surface area contributed by atoms with E-state index in [-0.39, 0.29) is 5.41 Å². The van der Waals surface area contributed by atoms with Crippen molar-refractivity contribution in [3.63, 3.8) is 0 Å². The van der Waals surface area contributed by atoms with Crippen LogP contribution >= 0.6 is 0 Å².